The number of carbonyl (C=O) groups is 1. The van der Waals surface area contributed by atoms with Crippen LogP contribution in [0.1, 0.15) is 36.6 Å². The topological polar surface area (TPSA) is 101 Å². The molecule has 2 aliphatic rings. The number of aromatic nitrogens is 4. The molecule has 0 unspecified atom stereocenters. The predicted octanol–water partition coefficient (Wildman–Crippen LogP) is 4.79. The largest absolute Gasteiger partial charge is 0.437 e. The first-order chi connectivity index (χ1) is 19.3. The van der Waals surface area contributed by atoms with Gasteiger partial charge in [-0.15, -0.1) is 0 Å². The van der Waals surface area contributed by atoms with E-state index in [9.17, 15) is 9.82 Å². The summed E-state index contributed by atoms with van der Waals surface area (Å²) in [6.07, 6.45) is 7.68. The van der Waals surface area contributed by atoms with Crippen LogP contribution in [0.2, 0.25) is 26.0 Å². The molecule has 203 valence electrons. The van der Waals surface area contributed by atoms with Crippen molar-refractivity contribution in [2.75, 3.05) is 12.7 Å². The minimum Gasteiger partial charge on any atom is -0.437 e. The lowest BCUT2D eigenvalue weighted by atomic mass is 9.84. The molecule has 8 nitrogen and oxygen atoms in total. The van der Waals surface area contributed by atoms with Gasteiger partial charge in [-0.2, -0.15) is 0 Å². The zero-order valence-electron chi connectivity index (χ0n) is 23.3. The van der Waals surface area contributed by atoms with Gasteiger partial charge in [0.2, 0.25) is 0 Å². The summed E-state index contributed by atoms with van der Waals surface area (Å²) in [6.45, 7) is 7.49. The number of aromatic amines is 2. The Morgan fingerprint density at radius 2 is 1.45 bits per heavy atom. The van der Waals surface area contributed by atoms with Gasteiger partial charge < -0.3 is 29.4 Å². The van der Waals surface area contributed by atoms with Crippen molar-refractivity contribution in [1.82, 2.24) is 29.6 Å². The van der Waals surface area contributed by atoms with Crippen LogP contribution in [0.3, 0.4) is 0 Å². The van der Waals surface area contributed by atoms with Crippen LogP contribution < -0.4 is 0 Å². The summed E-state index contributed by atoms with van der Waals surface area (Å²) in [5.74, 6) is 1.85. The van der Waals surface area contributed by atoms with E-state index in [0.29, 0.717) is 0 Å². The molecule has 2 atom stereocenters. The summed E-state index contributed by atoms with van der Waals surface area (Å²) in [4.78, 5) is 31.6. The van der Waals surface area contributed by atoms with Crippen molar-refractivity contribution in [1.29, 1.82) is 0 Å². The Hall–Kier alpha value is -3.24. The Kier molecular flexibility index (Phi) is 7.39. The van der Waals surface area contributed by atoms with Crippen LogP contribution in [0, 0.1) is 0 Å². The van der Waals surface area contributed by atoms with Crippen LogP contribution in [0.15, 0.2) is 60.9 Å². The van der Waals surface area contributed by atoms with Crippen molar-refractivity contribution in [2.24, 2.45) is 0 Å². The average Bonchev–Trinajstić information content (AvgIpc) is 3.75. The first-order valence-electron chi connectivity index (χ1n) is 14.1. The Bertz CT molecular complexity index is 1470. The lowest BCUT2D eigenvalue weighted by molar-refractivity contribution is 0.350. The van der Waals surface area contributed by atoms with Gasteiger partial charge in [-0.1, -0.05) is 61.6 Å². The number of hydrogen-bond acceptors (Lipinski definition) is 6. The summed E-state index contributed by atoms with van der Waals surface area (Å²) < 4.78 is 0. The highest BCUT2D eigenvalue weighted by atomic mass is 28.3. The molecule has 2 fully saturated rings. The molecule has 4 aromatic rings. The number of imidazole rings is 2. The second-order valence-corrected chi connectivity index (χ2v) is 16.9. The molecular formula is C29H35B2N6O2Si. The van der Waals surface area contributed by atoms with Gasteiger partial charge in [0.15, 0.2) is 0 Å². The minimum atomic E-state index is -1.38. The van der Waals surface area contributed by atoms with E-state index in [-0.39, 0.29) is 12.1 Å². The second-order valence-electron chi connectivity index (χ2n) is 11.9. The highest BCUT2D eigenvalue weighted by Crippen LogP contribution is 2.38. The average molecular weight is 549 g/mol. The SMILES string of the molecule is CB(O)N1C[Si](C)(C)C[C@H]1c1ncc(-c2ccc(-c3ccc(-c4cnc([C@@H]5CCCN5[B]C=O)[nH]4)cc3)cc2)[nH]1. The van der Waals surface area contributed by atoms with Crippen LogP contribution in [0.5, 0.6) is 0 Å². The van der Waals surface area contributed by atoms with Gasteiger partial charge in [0.1, 0.15) is 11.6 Å². The highest BCUT2D eigenvalue weighted by molar-refractivity contribution is 6.79. The highest BCUT2D eigenvalue weighted by Gasteiger charge is 2.43. The Morgan fingerprint density at radius 3 is 1.98 bits per heavy atom. The van der Waals surface area contributed by atoms with Gasteiger partial charge in [-0.3, -0.25) is 0 Å². The molecule has 0 amide bonds. The van der Waals surface area contributed by atoms with Gasteiger partial charge in [0, 0.05) is 0 Å². The fourth-order valence-corrected chi connectivity index (χ4v) is 9.36. The van der Waals surface area contributed by atoms with E-state index in [0.717, 1.165) is 83.1 Å². The minimum absolute atomic E-state index is 0.131. The summed E-state index contributed by atoms with van der Waals surface area (Å²) in [5.41, 5.74) is 6.44. The predicted molar refractivity (Wildman–Crippen MR) is 164 cm³/mol. The molecule has 0 aliphatic carbocycles. The molecule has 4 heterocycles. The first kappa shape index (κ1) is 27.0. The van der Waals surface area contributed by atoms with Crippen LogP contribution >= 0.6 is 0 Å². The number of rotatable bonds is 8. The Balaban J connectivity index is 1.15. The molecule has 2 aromatic carbocycles. The molecular weight excluding hydrogens is 514 g/mol. The van der Waals surface area contributed by atoms with Gasteiger partial charge in [-0.25, -0.2) is 9.97 Å². The van der Waals surface area contributed by atoms with Crippen LogP contribution in [0.4, 0.5) is 0 Å². The molecule has 1 radical (unpaired) electrons. The normalized spacial score (nSPS) is 21.1. The molecule has 0 spiro atoms. The molecule has 2 saturated heterocycles. The third-order valence-corrected chi connectivity index (χ3v) is 11.0. The van der Waals surface area contributed by atoms with Crippen molar-refractivity contribution in [3.8, 4) is 33.6 Å². The number of H-pyrrole nitrogens is 2. The van der Waals surface area contributed by atoms with Crippen molar-refractivity contribution in [3.05, 3.63) is 72.6 Å². The maximum absolute atomic E-state index is 11.0. The van der Waals surface area contributed by atoms with Crippen LogP contribution in [-0.4, -0.2) is 76.0 Å². The third-order valence-electron chi connectivity index (χ3n) is 8.33. The molecule has 2 aliphatic heterocycles. The van der Waals surface area contributed by atoms with E-state index in [1.165, 1.54) is 0 Å². The van der Waals surface area contributed by atoms with Gasteiger partial charge in [-0.05, 0) is 60.7 Å². The second kappa shape index (κ2) is 11.0. The van der Waals surface area contributed by atoms with Crippen molar-refractivity contribution >= 4 is 28.7 Å². The van der Waals surface area contributed by atoms with Crippen molar-refractivity contribution in [3.63, 3.8) is 0 Å². The summed E-state index contributed by atoms with van der Waals surface area (Å²) in [6, 6.07) is 18.4. The smallest absolute Gasteiger partial charge is 0.376 e. The fraction of sp³-hybridized carbons (Fsp3) is 0.345. The molecule has 40 heavy (non-hydrogen) atoms. The van der Waals surface area contributed by atoms with Crippen LogP contribution in [-0.2, 0) is 4.79 Å². The summed E-state index contributed by atoms with van der Waals surface area (Å²) in [7, 11) is -0.233. The molecule has 11 heteroatoms. The van der Waals surface area contributed by atoms with Gasteiger partial charge in [0.25, 0.3) is 7.41 Å². The molecule has 3 N–H and O–H groups in total. The third kappa shape index (κ3) is 5.39. The molecule has 6 rings (SSSR count). The number of benzene rings is 2. The van der Waals surface area contributed by atoms with Gasteiger partial charge in [0.05, 0.1) is 50.1 Å². The number of nitrogens with one attached hydrogen (secondary N) is 2. The summed E-state index contributed by atoms with van der Waals surface area (Å²) in [5, 5.41) is 10.3. The van der Waals surface area contributed by atoms with E-state index in [1.54, 1.807) is 7.41 Å². The Labute approximate surface area is 237 Å². The molecule has 0 bridgehead atoms. The Morgan fingerprint density at radius 1 is 0.925 bits per heavy atom. The van der Waals surface area contributed by atoms with E-state index in [2.05, 4.69) is 86.2 Å². The van der Waals surface area contributed by atoms with Crippen LogP contribution in [0.25, 0.3) is 33.6 Å². The van der Waals surface area contributed by atoms with E-state index >= 15 is 0 Å². The van der Waals surface area contributed by atoms with E-state index < -0.39 is 15.1 Å². The zero-order valence-corrected chi connectivity index (χ0v) is 24.3. The number of nitrogens with zero attached hydrogens (tertiary/aromatic N) is 4. The zero-order chi connectivity index (χ0) is 27.9. The molecule has 2 aromatic heterocycles. The molecule has 0 saturated carbocycles. The maximum Gasteiger partial charge on any atom is 0.376 e. The number of hydrogen-bond donors (Lipinski definition) is 3. The maximum atomic E-state index is 11.0. The van der Waals surface area contributed by atoms with E-state index in [1.807, 2.05) is 19.2 Å². The lowest BCUT2D eigenvalue weighted by Gasteiger charge is -2.23. The summed E-state index contributed by atoms with van der Waals surface area (Å²) >= 11 is 0. The lowest BCUT2D eigenvalue weighted by Crippen LogP contribution is -2.40. The number of carbonyl (C=O) groups excluding carboxylic acids is 1. The standard InChI is InChI=1S/C29H35B2N6O2Si/c1-31(39)37-19-40(2,3)17-27(37)29-33-16-25(35-29)23-12-8-21(9-13-23)20-6-10-22(11-7-20)24-15-32-28(34-24)26-5-4-14-36(26)30-18-38/h6-13,15-16,18,26-27,39H,4-5,14,17,19H2,1-3H3,(H,32,34)(H,33,35)/t26-,27-/m0/s1. The van der Waals surface area contributed by atoms with Crippen molar-refractivity contribution < 1.29 is 9.82 Å². The van der Waals surface area contributed by atoms with E-state index in [4.69, 9.17) is 4.98 Å². The monoisotopic (exact) mass is 549 g/mol. The first-order valence-corrected chi connectivity index (χ1v) is 17.5. The fourth-order valence-electron chi connectivity index (χ4n) is 6.28. The van der Waals surface area contributed by atoms with Crippen molar-refractivity contribution in [2.45, 2.75) is 50.9 Å². The quantitative estimate of drug-likeness (QED) is 0.216. The van der Waals surface area contributed by atoms with Gasteiger partial charge >= 0.3 is 7.05 Å².